The Kier molecular flexibility index (Phi) is 5.40. The molecule has 0 aliphatic carbocycles. The van der Waals surface area contributed by atoms with Gasteiger partial charge in [0.2, 0.25) is 0 Å². The van der Waals surface area contributed by atoms with Crippen molar-refractivity contribution in [2.45, 2.75) is 0 Å². The van der Waals surface area contributed by atoms with Gasteiger partial charge in [0, 0.05) is 0 Å². The Balaban J connectivity index is -0.000000853. The molecule has 0 unspecified atom stereocenters. The number of hydrogen-bond acceptors (Lipinski definition) is 4. The van der Waals surface area contributed by atoms with Crippen LogP contribution >= 0.6 is 0 Å². The summed E-state index contributed by atoms with van der Waals surface area (Å²) in [4.78, 5) is 32.1. The zero-order valence-electron chi connectivity index (χ0n) is 10.4. The number of phenols is 1. The summed E-state index contributed by atoms with van der Waals surface area (Å²) >= 11 is 0. The number of phenolic OH excluding ortho intramolecular Hbond substituents is 1. The molecule has 0 bridgehead atoms. The zero-order valence-corrected chi connectivity index (χ0v) is 10.6. The van der Waals surface area contributed by atoms with Crippen molar-refractivity contribution < 1.29 is 37.7 Å². The van der Waals surface area contributed by atoms with E-state index in [0.29, 0.717) is 12.1 Å². The third-order valence-electron chi connectivity index (χ3n) is 1.80. The van der Waals surface area contributed by atoms with Crippen LogP contribution in [0.1, 0.15) is 33.9 Å². The predicted molar refractivity (Wildman–Crippen MR) is 57.0 cm³/mol. The summed E-state index contributed by atoms with van der Waals surface area (Å²) in [6.07, 6.45) is 0. The minimum absolute atomic E-state index is 0. The van der Waals surface area contributed by atoms with Crippen LogP contribution in [-0.2, 0) is 0 Å². The van der Waals surface area contributed by atoms with E-state index in [2.05, 4.69) is 0 Å². The Morgan fingerprint density at radius 3 is 1.47 bits per heavy atom. The van der Waals surface area contributed by atoms with E-state index in [-0.39, 0.29) is 40.6 Å². The zero-order chi connectivity index (χ0) is 12.5. The molecule has 1 aromatic carbocycles. The van der Waals surface area contributed by atoms with Crippen LogP contribution in [0, 0.1) is 0 Å². The molecule has 0 aliphatic heterocycles. The van der Waals surface area contributed by atoms with E-state index in [9.17, 15) is 14.4 Å². The first-order valence-electron chi connectivity index (χ1n) is 3.91. The van der Waals surface area contributed by atoms with Crippen molar-refractivity contribution in [3.63, 3.8) is 0 Å². The largest absolute Gasteiger partial charge is 2.00 e. The van der Waals surface area contributed by atoms with Crippen molar-refractivity contribution in [3.8, 4) is 5.75 Å². The topological polar surface area (TPSA) is 132 Å². The van der Waals surface area contributed by atoms with Gasteiger partial charge in [-0.15, -0.1) is 0 Å². The van der Waals surface area contributed by atoms with E-state index < -0.39 is 40.3 Å². The molecule has 0 amide bonds. The third-order valence-corrected chi connectivity index (χ3v) is 1.80. The van der Waals surface area contributed by atoms with Crippen molar-refractivity contribution in [2.75, 3.05) is 0 Å². The predicted octanol–water partition coefficient (Wildman–Crippen LogP) is 0.331. The molecule has 7 nitrogen and oxygen atoms in total. The molecule has 0 saturated carbocycles. The van der Waals surface area contributed by atoms with Crippen LogP contribution in [0.25, 0.3) is 0 Å². The fourth-order valence-electron chi connectivity index (χ4n) is 1.19. The van der Waals surface area contributed by atoms with Crippen LogP contribution in [0.2, 0.25) is 0 Å². The molecule has 0 spiro atoms. The van der Waals surface area contributed by atoms with Gasteiger partial charge in [0.25, 0.3) is 0 Å². The van der Waals surface area contributed by atoms with Gasteiger partial charge in [-0.1, -0.05) is 0 Å². The molecule has 1 aromatic rings. The van der Waals surface area contributed by atoms with Crippen molar-refractivity contribution in [1.29, 1.82) is 0 Å². The van der Waals surface area contributed by atoms with Gasteiger partial charge in [0.05, 0.1) is 16.7 Å². The standard InChI is InChI=1S/C9H6O7.Ca.2H/c10-3-1-4(7(11)12)6(9(15)16)5(2-3)8(13)14;;;/h1-2,10H,(H,11,12)(H,13,14)(H,15,16);;;/q;+2;2*-1. The van der Waals surface area contributed by atoms with E-state index in [1.54, 1.807) is 0 Å². The van der Waals surface area contributed by atoms with Crippen LogP contribution in [0.15, 0.2) is 12.1 Å². The summed E-state index contributed by atoms with van der Waals surface area (Å²) in [7, 11) is 0. The van der Waals surface area contributed by atoms with Crippen LogP contribution in [0.3, 0.4) is 0 Å². The fourth-order valence-corrected chi connectivity index (χ4v) is 1.19. The maximum atomic E-state index is 10.8. The Bertz CT molecular complexity index is 468. The molecule has 0 atom stereocenters. The Morgan fingerprint density at radius 1 is 0.882 bits per heavy atom. The smallest absolute Gasteiger partial charge is 1.00 e. The number of aromatic hydroxyl groups is 1. The van der Waals surface area contributed by atoms with Gasteiger partial charge in [-0.3, -0.25) is 0 Å². The average molecular weight is 268 g/mol. The first kappa shape index (κ1) is 15.7. The normalized spacial score (nSPS) is 9.18. The molecule has 0 heterocycles. The SMILES string of the molecule is O=C(O)c1cc(O)cc(C(=O)O)c1C(=O)O.[Ca+2].[H-].[H-]. The second kappa shape index (κ2) is 5.85. The van der Waals surface area contributed by atoms with E-state index in [1.165, 1.54) is 0 Å². The Hall–Kier alpha value is -1.31. The molecule has 0 aromatic heterocycles. The minimum Gasteiger partial charge on any atom is -1.00 e. The van der Waals surface area contributed by atoms with Gasteiger partial charge in [-0.25, -0.2) is 14.4 Å². The molecule has 4 N–H and O–H groups in total. The summed E-state index contributed by atoms with van der Waals surface area (Å²) in [6, 6.07) is 1.36. The van der Waals surface area contributed by atoms with Crippen LogP contribution < -0.4 is 0 Å². The molecule has 0 aliphatic rings. The quantitative estimate of drug-likeness (QED) is 0.580. The van der Waals surface area contributed by atoms with Crippen molar-refractivity contribution >= 4 is 55.6 Å². The number of carbonyl (C=O) groups is 3. The average Bonchev–Trinajstić information content (AvgIpc) is 2.15. The minimum atomic E-state index is -1.69. The summed E-state index contributed by atoms with van der Waals surface area (Å²) in [5.41, 5.74) is -2.41. The number of benzene rings is 1. The van der Waals surface area contributed by atoms with Crippen molar-refractivity contribution in [3.05, 3.63) is 28.8 Å². The maximum absolute atomic E-state index is 10.8. The Labute approximate surface area is 127 Å². The van der Waals surface area contributed by atoms with Crippen LogP contribution in [0.4, 0.5) is 0 Å². The Morgan fingerprint density at radius 2 is 1.24 bits per heavy atom. The summed E-state index contributed by atoms with van der Waals surface area (Å²) in [6.45, 7) is 0. The van der Waals surface area contributed by atoms with E-state index >= 15 is 0 Å². The third kappa shape index (κ3) is 3.32. The van der Waals surface area contributed by atoms with Gasteiger partial charge >= 0.3 is 55.6 Å². The van der Waals surface area contributed by atoms with Crippen molar-refractivity contribution in [2.24, 2.45) is 0 Å². The summed E-state index contributed by atoms with van der Waals surface area (Å²) in [5.74, 6) is -5.57. The second-order valence-corrected chi connectivity index (χ2v) is 2.83. The van der Waals surface area contributed by atoms with E-state index in [4.69, 9.17) is 20.4 Å². The first-order valence-corrected chi connectivity index (χ1v) is 3.91. The van der Waals surface area contributed by atoms with Gasteiger partial charge in [-0.05, 0) is 12.1 Å². The van der Waals surface area contributed by atoms with Gasteiger partial charge in [0.15, 0.2) is 0 Å². The maximum Gasteiger partial charge on any atom is 2.00 e. The molecule has 0 radical (unpaired) electrons. The number of hydrogen-bond donors (Lipinski definition) is 4. The number of carboxylic acids is 3. The van der Waals surface area contributed by atoms with Crippen LogP contribution in [-0.4, -0.2) is 76.1 Å². The molecular weight excluding hydrogens is 260 g/mol. The second-order valence-electron chi connectivity index (χ2n) is 2.83. The fraction of sp³-hybridized carbons (Fsp3) is 0. The van der Waals surface area contributed by atoms with Gasteiger partial charge in [0.1, 0.15) is 5.75 Å². The summed E-state index contributed by atoms with van der Waals surface area (Å²) in [5, 5.41) is 35.2. The monoisotopic (exact) mass is 268 g/mol. The van der Waals surface area contributed by atoms with Crippen LogP contribution in [0.5, 0.6) is 5.75 Å². The molecule has 8 heteroatoms. The number of carboxylic acid groups (broad SMARTS) is 3. The molecule has 17 heavy (non-hydrogen) atoms. The molecule has 1 rings (SSSR count). The summed E-state index contributed by atoms with van der Waals surface area (Å²) < 4.78 is 0. The van der Waals surface area contributed by atoms with E-state index in [1.807, 2.05) is 0 Å². The number of aromatic carboxylic acids is 3. The molecule has 0 saturated heterocycles. The molecule has 0 fully saturated rings. The first-order chi connectivity index (χ1) is 7.34. The van der Waals surface area contributed by atoms with Gasteiger partial charge in [-0.2, -0.15) is 0 Å². The van der Waals surface area contributed by atoms with E-state index in [0.717, 1.165) is 0 Å². The molecular formula is C9H8CaO7. The van der Waals surface area contributed by atoms with Gasteiger partial charge < -0.3 is 23.3 Å². The van der Waals surface area contributed by atoms with Crippen molar-refractivity contribution in [1.82, 2.24) is 0 Å². The molecule has 88 valence electrons. The number of rotatable bonds is 3.